The second kappa shape index (κ2) is 12.1. The molecule has 0 unspecified atom stereocenters. The number of hydrogen-bond donors (Lipinski definition) is 1. The molecule has 0 aromatic rings. The van der Waals surface area contributed by atoms with Crippen molar-refractivity contribution in [1.29, 1.82) is 0 Å². The molecule has 0 saturated carbocycles. The zero-order valence-electron chi connectivity index (χ0n) is 10.8. The highest BCUT2D eigenvalue weighted by Crippen LogP contribution is 2.02. The number of nitrogens with one attached hydrogen (secondary N) is 1. The van der Waals surface area contributed by atoms with E-state index in [2.05, 4.69) is 37.6 Å². The summed E-state index contributed by atoms with van der Waals surface area (Å²) in [6, 6.07) is 0. The minimum Gasteiger partial charge on any atom is -0.389 e. The Morgan fingerprint density at radius 3 is 2.56 bits per heavy atom. The summed E-state index contributed by atoms with van der Waals surface area (Å²) in [5.74, 6) is 0. The largest absolute Gasteiger partial charge is 0.389 e. The quantitative estimate of drug-likeness (QED) is 0.398. The highest BCUT2D eigenvalue weighted by molar-refractivity contribution is 5.01. The smallest absolute Gasteiger partial charge is 0.0143 e. The molecule has 0 aromatic carbocycles. The van der Waals surface area contributed by atoms with Gasteiger partial charge in [0.25, 0.3) is 0 Å². The molecule has 1 N–H and O–H groups in total. The number of unbranched alkanes of at least 4 members (excludes halogenated alkanes) is 4. The van der Waals surface area contributed by atoms with Crippen molar-refractivity contribution in [2.45, 2.75) is 51.9 Å². The molecular formula is C15H27N. The fourth-order valence-electron chi connectivity index (χ4n) is 1.48. The lowest BCUT2D eigenvalue weighted by molar-refractivity contribution is 0.609. The van der Waals surface area contributed by atoms with Gasteiger partial charge in [-0.1, -0.05) is 57.4 Å². The minimum absolute atomic E-state index is 0.933. The van der Waals surface area contributed by atoms with Gasteiger partial charge in [-0.05, 0) is 12.8 Å². The lowest BCUT2D eigenvalue weighted by Crippen LogP contribution is -2.13. The molecule has 16 heavy (non-hydrogen) atoms. The van der Waals surface area contributed by atoms with Gasteiger partial charge >= 0.3 is 0 Å². The van der Waals surface area contributed by atoms with E-state index in [-0.39, 0.29) is 0 Å². The second-order valence-corrected chi connectivity index (χ2v) is 4.14. The predicted octanol–water partition coefficient (Wildman–Crippen LogP) is 4.58. The van der Waals surface area contributed by atoms with Crippen LogP contribution in [0.5, 0.6) is 0 Å². The molecule has 0 atom stereocenters. The summed E-state index contributed by atoms with van der Waals surface area (Å²) >= 11 is 0. The maximum atomic E-state index is 4.00. The Morgan fingerprint density at radius 1 is 1.12 bits per heavy atom. The van der Waals surface area contributed by atoms with Crippen LogP contribution in [0.1, 0.15) is 51.9 Å². The van der Waals surface area contributed by atoms with Crippen LogP contribution < -0.4 is 5.32 Å². The second-order valence-electron chi connectivity index (χ2n) is 4.14. The minimum atomic E-state index is 0.933. The summed E-state index contributed by atoms with van der Waals surface area (Å²) in [5.41, 5.74) is 1.12. The van der Waals surface area contributed by atoms with Crippen molar-refractivity contribution >= 4 is 0 Å². The molecule has 0 aliphatic carbocycles. The Kier molecular flexibility index (Phi) is 11.4. The maximum absolute atomic E-state index is 4.00. The molecule has 0 bridgehead atoms. The van der Waals surface area contributed by atoms with Gasteiger partial charge in [0.1, 0.15) is 0 Å². The average molecular weight is 221 g/mol. The van der Waals surface area contributed by atoms with Gasteiger partial charge in [0, 0.05) is 18.7 Å². The molecule has 0 saturated heterocycles. The third kappa shape index (κ3) is 11.1. The molecule has 1 heteroatoms. The first-order valence-corrected chi connectivity index (χ1v) is 6.48. The third-order valence-electron chi connectivity index (χ3n) is 2.49. The average Bonchev–Trinajstić information content (AvgIpc) is 2.29. The zero-order chi connectivity index (χ0) is 12.1. The number of hydrogen-bond acceptors (Lipinski definition) is 1. The van der Waals surface area contributed by atoms with Crippen LogP contribution in [0.2, 0.25) is 0 Å². The van der Waals surface area contributed by atoms with Gasteiger partial charge in [-0.3, -0.25) is 0 Å². The van der Waals surface area contributed by atoms with Gasteiger partial charge < -0.3 is 5.32 Å². The van der Waals surface area contributed by atoms with Crippen LogP contribution in [0.3, 0.4) is 0 Å². The normalized spacial score (nSPS) is 10.6. The molecular weight excluding hydrogens is 194 g/mol. The van der Waals surface area contributed by atoms with E-state index in [1.807, 2.05) is 6.08 Å². The molecule has 0 fully saturated rings. The van der Waals surface area contributed by atoms with Crippen molar-refractivity contribution in [3.8, 4) is 0 Å². The van der Waals surface area contributed by atoms with Crippen molar-refractivity contribution in [2.75, 3.05) is 6.54 Å². The Labute approximate surface area is 101 Å². The van der Waals surface area contributed by atoms with Gasteiger partial charge in [0.2, 0.25) is 0 Å². The van der Waals surface area contributed by atoms with Crippen molar-refractivity contribution in [3.63, 3.8) is 0 Å². The summed E-state index contributed by atoms with van der Waals surface area (Å²) in [5, 5.41) is 3.36. The van der Waals surface area contributed by atoms with E-state index in [9.17, 15) is 0 Å². The van der Waals surface area contributed by atoms with E-state index in [4.69, 9.17) is 0 Å². The predicted molar refractivity (Wildman–Crippen MR) is 74.5 cm³/mol. The summed E-state index contributed by atoms with van der Waals surface area (Å²) in [6.07, 6.45) is 14.7. The van der Waals surface area contributed by atoms with Crippen LogP contribution in [-0.4, -0.2) is 6.54 Å². The molecule has 0 heterocycles. The third-order valence-corrected chi connectivity index (χ3v) is 2.49. The molecule has 1 nitrogen and oxygen atoms in total. The summed E-state index contributed by atoms with van der Waals surface area (Å²) in [7, 11) is 0. The molecule has 0 amide bonds. The first-order chi connectivity index (χ1) is 7.81. The summed E-state index contributed by atoms with van der Waals surface area (Å²) in [4.78, 5) is 0. The fourth-order valence-corrected chi connectivity index (χ4v) is 1.48. The lowest BCUT2D eigenvalue weighted by Gasteiger charge is -2.07. The Hall–Kier alpha value is -0.980. The highest BCUT2D eigenvalue weighted by atomic mass is 14.9. The molecule has 92 valence electrons. The van der Waals surface area contributed by atoms with Gasteiger partial charge in [0.05, 0.1) is 0 Å². The Bertz CT molecular complexity index is 203. The van der Waals surface area contributed by atoms with E-state index in [0.717, 1.165) is 25.1 Å². The van der Waals surface area contributed by atoms with Gasteiger partial charge in [-0.25, -0.2) is 0 Å². The van der Waals surface area contributed by atoms with E-state index >= 15 is 0 Å². The standard InChI is InChI=1S/C15H27N/c1-4-6-8-10-12-14-16-15(3)13-11-9-7-5-2/h5,9,11,16H,2-4,6-8,10,12-14H2,1H3/b11-9+. The van der Waals surface area contributed by atoms with E-state index < -0.39 is 0 Å². The van der Waals surface area contributed by atoms with Crippen LogP contribution in [0.4, 0.5) is 0 Å². The van der Waals surface area contributed by atoms with Gasteiger partial charge in [-0.15, -0.1) is 6.58 Å². The van der Waals surface area contributed by atoms with Crippen molar-refractivity contribution in [1.82, 2.24) is 5.32 Å². The SMILES string of the molecule is C=CC/C=C/CC(=C)NCCCCCCC. The maximum Gasteiger partial charge on any atom is 0.0143 e. The first kappa shape index (κ1) is 15.0. The van der Waals surface area contributed by atoms with Crippen molar-refractivity contribution in [3.05, 3.63) is 37.1 Å². The fraction of sp³-hybridized carbons (Fsp3) is 0.600. The molecule has 0 aliphatic rings. The molecule has 0 spiro atoms. The summed E-state index contributed by atoms with van der Waals surface area (Å²) < 4.78 is 0. The zero-order valence-corrected chi connectivity index (χ0v) is 10.8. The monoisotopic (exact) mass is 221 g/mol. The Morgan fingerprint density at radius 2 is 1.88 bits per heavy atom. The van der Waals surface area contributed by atoms with Crippen LogP contribution >= 0.6 is 0 Å². The van der Waals surface area contributed by atoms with Crippen molar-refractivity contribution in [2.24, 2.45) is 0 Å². The van der Waals surface area contributed by atoms with Crippen LogP contribution in [0.15, 0.2) is 37.1 Å². The Balaban J connectivity index is 3.26. The van der Waals surface area contributed by atoms with E-state index in [1.165, 1.54) is 32.1 Å². The van der Waals surface area contributed by atoms with Gasteiger partial charge in [-0.2, -0.15) is 0 Å². The van der Waals surface area contributed by atoms with Crippen molar-refractivity contribution < 1.29 is 0 Å². The molecule has 0 radical (unpaired) electrons. The number of rotatable bonds is 11. The van der Waals surface area contributed by atoms with Gasteiger partial charge in [0.15, 0.2) is 0 Å². The van der Waals surface area contributed by atoms with E-state index in [1.54, 1.807) is 0 Å². The lowest BCUT2D eigenvalue weighted by atomic mass is 10.1. The topological polar surface area (TPSA) is 12.0 Å². The first-order valence-electron chi connectivity index (χ1n) is 6.48. The molecule has 0 aliphatic heterocycles. The van der Waals surface area contributed by atoms with Crippen LogP contribution in [0.25, 0.3) is 0 Å². The van der Waals surface area contributed by atoms with E-state index in [0.29, 0.717) is 0 Å². The number of allylic oxidation sites excluding steroid dienone is 3. The van der Waals surface area contributed by atoms with Crippen LogP contribution in [-0.2, 0) is 0 Å². The molecule has 0 rings (SSSR count). The highest BCUT2D eigenvalue weighted by Gasteiger charge is 1.91. The summed E-state index contributed by atoms with van der Waals surface area (Å²) in [6.45, 7) is 11.0. The van der Waals surface area contributed by atoms with Crippen LogP contribution in [0, 0.1) is 0 Å². The molecule has 0 aromatic heterocycles.